The minimum absolute atomic E-state index is 0.00940. The van der Waals surface area contributed by atoms with E-state index in [1.165, 1.54) is 12.3 Å². The van der Waals surface area contributed by atoms with Crippen LogP contribution in [0.25, 0.3) is 0 Å². The van der Waals surface area contributed by atoms with Gasteiger partial charge in [0.1, 0.15) is 5.82 Å². The van der Waals surface area contributed by atoms with Crippen molar-refractivity contribution in [3.8, 4) is 0 Å². The highest BCUT2D eigenvalue weighted by molar-refractivity contribution is 6.13. The quantitative estimate of drug-likeness (QED) is 0.635. The van der Waals surface area contributed by atoms with E-state index in [4.69, 9.17) is 11.1 Å². The normalized spacial score (nSPS) is 19.1. The Hall–Kier alpha value is -2.38. The number of hydrogen-bond acceptors (Lipinski definition) is 4. The van der Waals surface area contributed by atoms with Crippen molar-refractivity contribution in [1.29, 1.82) is 5.41 Å². The molecule has 1 aromatic heterocycles. The molecule has 152 valence electrons. The molecular weight excluding hydrogens is 369 g/mol. The summed E-state index contributed by atoms with van der Waals surface area (Å²) < 4.78 is 40.8. The Kier molecular flexibility index (Phi) is 5.76. The monoisotopic (exact) mass is 394 g/mol. The van der Waals surface area contributed by atoms with Gasteiger partial charge in [0.05, 0.1) is 11.6 Å². The molecule has 1 saturated carbocycles. The van der Waals surface area contributed by atoms with Crippen LogP contribution in [0.15, 0.2) is 23.5 Å². The lowest BCUT2D eigenvalue weighted by molar-refractivity contribution is -0.146. The highest BCUT2D eigenvalue weighted by Gasteiger charge is 2.41. The highest BCUT2D eigenvalue weighted by atomic mass is 19.4. The lowest BCUT2D eigenvalue weighted by Gasteiger charge is -2.27. The van der Waals surface area contributed by atoms with Crippen LogP contribution in [0.5, 0.6) is 0 Å². The van der Waals surface area contributed by atoms with Gasteiger partial charge in [0.15, 0.2) is 0 Å². The summed E-state index contributed by atoms with van der Waals surface area (Å²) in [6.07, 6.45) is 2.17. The molecule has 1 aromatic rings. The van der Waals surface area contributed by atoms with E-state index in [0.717, 1.165) is 39.0 Å². The Balaban J connectivity index is 2.04. The molecule has 0 saturated heterocycles. The summed E-state index contributed by atoms with van der Waals surface area (Å²) in [7, 11) is 0. The summed E-state index contributed by atoms with van der Waals surface area (Å²) in [4.78, 5) is 16.4. The van der Waals surface area contributed by atoms with Crippen LogP contribution in [0.1, 0.15) is 68.9 Å². The van der Waals surface area contributed by atoms with Gasteiger partial charge in [-0.05, 0) is 57.1 Å². The summed E-state index contributed by atoms with van der Waals surface area (Å²) in [5.41, 5.74) is 7.14. The first-order valence-electron chi connectivity index (χ1n) is 9.63. The fraction of sp³-hybridized carbons (Fsp3) is 0.550. The van der Waals surface area contributed by atoms with Crippen molar-refractivity contribution in [3.63, 3.8) is 0 Å². The van der Waals surface area contributed by atoms with E-state index in [1.54, 1.807) is 0 Å². The van der Waals surface area contributed by atoms with Crippen molar-refractivity contribution in [1.82, 2.24) is 4.98 Å². The number of hydrogen-bond donors (Lipinski definition) is 3. The Morgan fingerprint density at radius 1 is 1.29 bits per heavy atom. The molecule has 0 radical (unpaired) electrons. The number of nitrogens with two attached hydrogens (primary N) is 1. The molecule has 1 amide bonds. The SMILES string of the molecule is C[C@H](c1c(C(=N)C2=C(N)CCCC2)ccnc1NC(=O)C1CCC1)C(F)(F)F. The third-order valence-corrected chi connectivity index (χ3v) is 5.71. The molecule has 1 heterocycles. The largest absolute Gasteiger partial charge is 0.402 e. The zero-order valence-corrected chi connectivity index (χ0v) is 15.8. The van der Waals surface area contributed by atoms with Crippen LogP contribution in [0.2, 0.25) is 0 Å². The van der Waals surface area contributed by atoms with Gasteiger partial charge in [-0.2, -0.15) is 13.2 Å². The third-order valence-electron chi connectivity index (χ3n) is 5.71. The highest BCUT2D eigenvalue weighted by Crippen LogP contribution is 2.40. The molecule has 0 aromatic carbocycles. The lowest BCUT2D eigenvalue weighted by atomic mass is 9.84. The number of nitrogens with one attached hydrogen (secondary N) is 2. The van der Waals surface area contributed by atoms with Gasteiger partial charge in [0.2, 0.25) is 5.91 Å². The van der Waals surface area contributed by atoms with E-state index >= 15 is 0 Å². The van der Waals surface area contributed by atoms with Crippen molar-refractivity contribution in [3.05, 3.63) is 34.7 Å². The van der Waals surface area contributed by atoms with E-state index < -0.39 is 12.1 Å². The summed E-state index contributed by atoms with van der Waals surface area (Å²) in [5, 5.41) is 11.1. The molecule has 1 fully saturated rings. The maximum absolute atomic E-state index is 13.6. The fourth-order valence-electron chi connectivity index (χ4n) is 3.66. The van der Waals surface area contributed by atoms with Crippen LogP contribution in [-0.4, -0.2) is 22.8 Å². The molecule has 1 atom stereocenters. The fourth-order valence-corrected chi connectivity index (χ4v) is 3.66. The number of carbonyl (C=O) groups excluding carboxylic acids is 1. The zero-order chi connectivity index (χ0) is 20.5. The van der Waals surface area contributed by atoms with E-state index in [1.807, 2.05) is 0 Å². The van der Waals surface area contributed by atoms with E-state index in [2.05, 4.69) is 10.3 Å². The summed E-state index contributed by atoms with van der Waals surface area (Å²) in [6, 6.07) is 1.41. The van der Waals surface area contributed by atoms with Gasteiger partial charge in [0, 0.05) is 28.9 Å². The van der Waals surface area contributed by atoms with E-state index in [0.29, 0.717) is 24.1 Å². The molecule has 2 aliphatic rings. The Morgan fingerprint density at radius 2 is 1.96 bits per heavy atom. The molecule has 0 bridgehead atoms. The average Bonchev–Trinajstić information content (AvgIpc) is 2.58. The van der Waals surface area contributed by atoms with Gasteiger partial charge < -0.3 is 11.1 Å². The van der Waals surface area contributed by atoms with E-state index in [-0.39, 0.29) is 34.5 Å². The Morgan fingerprint density at radius 3 is 2.54 bits per heavy atom. The minimum atomic E-state index is -4.53. The first-order chi connectivity index (χ1) is 13.2. The predicted octanol–water partition coefficient (Wildman–Crippen LogP) is 4.64. The Labute approximate surface area is 162 Å². The molecule has 0 spiro atoms. The molecule has 8 heteroatoms. The first-order valence-corrected chi connectivity index (χ1v) is 9.63. The van der Waals surface area contributed by atoms with Crippen LogP contribution in [-0.2, 0) is 4.79 Å². The number of aromatic nitrogens is 1. The van der Waals surface area contributed by atoms with Gasteiger partial charge in [0.25, 0.3) is 0 Å². The number of allylic oxidation sites excluding steroid dienone is 2. The maximum atomic E-state index is 13.6. The topological polar surface area (TPSA) is 91.9 Å². The second-order valence-corrected chi connectivity index (χ2v) is 7.59. The number of anilines is 1. The number of carbonyl (C=O) groups is 1. The van der Waals surface area contributed by atoms with Crippen molar-refractivity contribution in [2.75, 3.05) is 5.32 Å². The average molecular weight is 394 g/mol. The van der Waals surface area contributed by atoms with E-state index in [9.17, 15) is 18.0 Å². The van der Waals surface area contributed by atoms with Gasteiger partial charge in [-0.15, -0.1) is 0 Å². The van der Waals surface area contributed by atoms with Crippen LogP contribution >= 0.6 is 0 Å². The molecule has 3 rings (SSSR count). The number of nitrogens with zero attached hydrogens (tertiary/aromatic N) is 1. The summed E-state index contributed by atoms with van der Waals surface area (Å²) >= 11 is 0. The van der Waals surface area contributed by atoms with Crippen molar-refractivity contribution >= 4 is 17.4 Å². The molecule has 28 heavy (non-hydrogen) atoms. The van der Waals surface area contributed by atoms with Gasteiger partial charge in [-0.25, -0.2) is 4.98 Å². The van der Waals surface area contributed by atoms with Gasteiger partial charge in [-0.1, -0.05) is 6.42 Å². The predicted molar refractivity (Wildman–Crippen MR) is 101 cm³/mol. The number of alkyl halides is 3. The second-order valence-electron chi connectivity index (χ2n) is 7.59. The number of halogens is 3. The van der Waals surface area contributed by atoms with Crippen LogP contribution in [0.4, 0.5) is 19.0 Å². The van der Waals surface area contributed by atoms with Crippen LogP contribution < -0.4 is 11.1 Å². The van der Waals surface area contributed by atoms with Crippen LogP contribution in [0, 0.1) is 11.3 Å². The molecule has 0 unspecified atom stereocenters. The Bertz CT molecular complexity index is 812. The lowest BCUT2D eigenvalue weighted by Crippen LogP contribution is -2.30. The molecule has 0 aliphatic heterocycles. The summed E-state index contributed by atoms with van der Waals surface area (Å²) in [6.45, 7) is 1.03. The van der Waals surface area contributed by atoms with Gasteiger partial charge in [-0.3, -0.25) is 10.2 Å². The molecular formula is C20H25F3N4O. The zero-order valence-electron chi connectivity index (χ0n) is 15.8. The van der Waals surface area contributed by atoms with Crippen molar-refractivity contribution < 1.29 is 18.0 Å². The van der Waals surface area contributed by atoms with Gasteiger partial charge >= 0.3 is 6.18 Å². The standard InChI is InChI=1S/C20H25F3N4O/c1-11(20(21,22)23)16-14(17(25)13-7-2-3-8-15(13)24)9-10-26-18(16)27-19(28)12-5-4-6-12/h9-12,25H,2-8,24H2,1H3,(H,26,27,28)/t11-/m1/s1. The number of amides is 1. The number of pyridine rings is 1. The molecule has 2 aliphatic carbocycles. The molecule has 5 nitrogen and oxygen atoms in total. The molecule has 4 N–H and O–H groups in total. The first kappa shape index (κ1) is 20.4. The van der Waals surface area contributed by atoms with Crippen LogP contribution in [0.3, 0.4) is 0 Å². The van der Waals surface area contributed by atoms with Crippen molar-refractivity contribution in [2.24, 2.45) is 11.7 Å². The second kappa shape index (κ2) is 7.93. The smallest absolute Gasteiger partial charge is 0.395 e. The third kappa shape index (κ3) is 4.05. The number of rotatable bonds is 5. The summed E-state index contributed by atoms with van der Waals surface area (Å²) in [5.74, 6) is -2.48. The minimum Gasteiger partial charge on any atom is -0.402 e. The maximum Gasteiger partial charge on any atom is 0.395 e. The van der Waals surface area contributed by atoms with Crippen molar-refractivity contribution in [2.45, 2.75) is 64.0 Å².